The molecule has 1 aromatic carbocycles. The van der Waals surface area contributed by atoms with Crippen LogP contribution in [0, 0.1) is 23.7 Å². The molecular formula is C17H22NO2+. The van der Waals surface area contributed by atoms with Gasteiger partial charge >= 0.3 is 5.97 Å². The highest BCUT2D eigenvalue weighted by atomic mass is 16.5. The van der Waals surface area contributed by atoms with Gasteiger partial charge in [-0.15, -0.1) is 0 Å². The van der Waals surface area contributed by atoms with Gasteiger partial charge in [0.05, 0.1) is 25.7 Å². The van der Waals surface area contributed by atoms with E-state index in [9.17, 15) is 4.79 Å². The lowest BCUT2D eigenvalue weighted by Gasteiger charge is -2.20. The van der Waals surface area contributed by atoms with Crippen LogP contribution in [0.5, 0.6) is 0 Å². The van der Waals surface area contributed by atoms with Crippen LogP contribution in [0.25, 0.3) is 0 Å². The molecule has 3 nitrogen and oxygen atoms in total. The molecular weight excluding hydrogens is 250 g/mol. The van der Waals surface area contributed by atoms with Gasteiger partial charge in [0.15, 0.2) is 0 Å². The summed E-state index contributed by atoms with van der Waals surface area (Å²) in [6, 6.07) is 9.41. The van der Waals surface area contributed by atoms with Gasteiger partial charge in [-0.3, -0.25) is 0 Å². The molecule has 1 aliphatic heterocycles. The van der Waals surface area contributed by atoms with E-state index in [4.69, 9.17) is 4.74 Å². The predicted octanol–water partition coefficient (Wildman–Crippen LogP) is 1.01. The molecule has 1 saturated heterocycles. The highest BCUT2D eigenvalue weighted by Crippen LogP contribution is 2.54. The molecule has 2 bridgehead atoms. The molecule has 3 aliphatic rings. The quantitative estimate of drug-likeness (QED) is 0.815. The number of hydrogen-bond acceptors (Lipinski definition) is 2. The van der Waals surface area contributed by atoms with Crippen molar-refractivity contribution in [2.24, 2.45) is 23.7 Å². The van der Waals surface area contributed by atoms with E-state index in [-0.39, 0.29) is 12.1 Å². The van der Waals surface area contributed by atoms with Crippen molar-refractivity contribution in [3.63, 3.8) is 0 Å². The SMILES string of the molecule is C[NH+]1C[C@@H]2[C@@H](C1)[C@@H]1CC[C@@H]2C1OC(=O)c1ccccc1. The minimum Gasteiger partial charge on any atom is -0.458 e. The van der Waals surface area contributed by atoms with Gasteiger partial charge in [0.1, 0.15) is 6.10 Å². The minimum atomic E-state index is -0.131. The average Bonchev–Trinajstić information content (AvgIpc) is 3.10. The topological polar surface area (TPSA) is 30.7 Å². The maximum Gasteiger partial charge on any atom is 0.338 e. The van der Waals surface area contributed by atoms with E-state index in [0.29, 0.717) is 17.4 Å². The number of ether oxygens (including phenoxy) is 1. The van der Waals surface area contributed by atoms with Gasteiger partial charge in [0.25, 0.3) is 0 Å². The van der Waals surface area contributed by atoms with E-state index in [1.165, 1.54) is 25.9 Å². The Balaban J connectivity index is 1.50. The number of benzene rings is 1. The zero-order valence-corrected chi connectivity index (χ0v) is 11.9. The molecule has 20 heavy (non-hydrogen) atoms. The number of carbonyl (C=O) groups is 1. The third-order valence-electron chi connectivity index (χ3n) is 5.75. The predicted molar refractivity (Wildman–Crippen MR) is 75.5 cm³/mol. The molecule has 106 valence electrons. The number of nitrogens with one attached hydrogen (secondary N) is 1. The third-order valence-corrected chi connectivity index (χ3v) is 5.75. The van der Waals surface area contributed by atoms with Gasteiger partial charge in [-0.25, -0.2) is 4.79 Å². The number of quaternary nitrogens is 1. The zero-order valence-electron chi connectivity index (χ0n) is 11.9. The van der Waals surface area contributed by atoms with Gasteiger partial charge in [-0.2, -0.15) is 0 Å². The molecule has 2 saturated carbocycles. The summed E-state index contributed by atoms with van der Waals surface area (Å²) in [6.07, 6.45) is 2.70. The van der Waals surface area contributed by atoms with Gasteiger partial charge in [-0.1, -0.05) is 18.2 Å². The summed E-state index contributed by atoms with van der Waals surface area (Å²) in [4.78, 5) is 13.9. The second-order valence-electron chi connectivity index (χ2n) is 6.83. The molecule has 0 radical (unpaired) electrons. The van der Waals surface area contributed by atoms with Crippen molar-refractivity contribution < 1.29 is 14.4 Å². The van der Waals surface area contributed by atoms with Crippen molar-refractivity contribution >= 4 is 5.97 Å². The molecule has 0 spiro atoms. The lowest BCUT2D eigenvalue weighted by molar-refractivity contribution is -0.870. The number of rotatable bonds is 2. The van der Waals surface area contributed by atoms with E-state index >= 15 is 0 Å². The molecule has 0 aromatic heterocycles. The summed E-state index contributed by atoms with van der Waals surface area (Å²) in [6.45, 7) is 2.54. The normalized spacial score (nSPS) is 39.0. The van der Waals surface area contributed by atoms with Gasteiger partial charge in [0.2, 0.25) is 0 Å². The van der Waals surface area contributed by atoms with Crippen LogP contribution < -0.4 is 4.90 Å². The van der Waals surface area contributed by atoms with E-state index in [1.807, 2.05) is 30.3 Å². The van der Waals surface area contributed by atoms with Crippen molar-refractivity contribution in [3.05, 3.63) is 35.9 Å². The Morgan fingerprint density at radius 2 is 1.65 bits per heavy atom. The Kier molecular flexibility index (Phi) is 2.84. The van der Waals surface area contributed by atoms with Crippen LogP contribution >= 0.6 is 0 Å². The van der Waals surface area contributed by atoms with E-state index in [1.54, 1.807) is 4.90 Å². The van der Waals surface area contributed by atoms with Crippen LogP contribution in [0.3, 0.4) is 0 Å². The molecule has 1 aromatic rings. The molecule has 0 unspecified atom stereocenters. The number of esters is 1. The number of fused-ring (bicyclic) bond motifs is 5. The largest absolute Gasteiger partial charge is 0.458 e. The maximum absolute atomic E-state index is 12.3. The lowest BCUT2D eigenvalue weighted by Crippen LogP contribution is -3.07. The first-order valence-electron chi connectivity index (χ1n) is 7.81. The molecule has 2 aliphatic carbocycles. The van der Waals surface area contributed by atoms with Crippen molar-refractivity contribution in [2.75, 3.05) is 20.1 Å². The Bertz CT molecular complexity index is 495. The number of carbonyl (C=O) groups excluding carboxylic acids is 1. The van der Waals surface area contributed by atoms with Crippen molar-refractivity contribution in [2.45, 2.75) is 18.9 Å². The molecule has 4 rings (SSSR count). The monoisotopic (exact) mass is 272 g/mol. The lowest BCUT2D eigenvalue weighted by atomic mass is 9.82. The first-order chi connectivity index (χ1) is 9.74. The van der Waals surface area contributed by atoms with Crippen molar-refractivity contribution in [1.29, 1.82) is 0 Å². The Morgan fingerprint density at radius 3 is 2.25 bits per heavy atom. The fraction of sp³-hybridized carbons (Fsp3) is 0.588. The number of hydrogen-bond donors (Lipinski definition) is 1. The fourth-order valence-corrected chi connectivity index (χ4v) is 5.02. The standard InChI is InChI=1S/C17H21NO2/c1-18-9-14-12-7-8-13(15(14)10-18)16(12)20-17(19)11-5-3-2-4-6-11/h2-6,12-16H,7-10H2,1H3/p+1/t12-,13-,14-,15-/m0/s1. The van der Waals surface area contributed by atoms with Gasteiger partial charge < -0.3 is 9.64 Å². The fourth-order valence-electron chi connectivity index (χ4n) is 5.02. The van der Waals surface area contributed by atoms with Crippen LogP contribution in [-0.2, 0) is 4.74 Å². The Morgan fingerprint density at radius 1 is 1.05 bits per heavy atom. The molecule has 1 N–H and O–H groups in total. The maximum atomic E-state index is 12.3. The van der Waals surface area contributed by atoms with Crippen LogP contribution in [0.4, 0.5) is 0 Å². The van der Waals surface area contributed by atoms with Crippen molar-refractivity contribution in [1.82, 2.24) is 0 Å². The minimum absolute atomic E-state index is 0.131. The summed E-state index contributed by atoms with van der Waals surface area (Å²) in [5.74, 6) is 2.70. The van der Waals surface area contributed by atoms with E-state index in [0.717, 1.165) is 11.8 Å². The summed E-state index contributed by atoms with van der Waals surface area (Å²) >= 11 is 0. The van der Waals surface area contributed by atoms with Crippen LogP contribution in [0.2, 0.25) is 0 Å². The summed E-state index contributed by atoms with van der Waals surface area (Å²) < 4.78 is 5.91. The van der Waals surface area contributed by atoms with Gasteiger partial charge in [0, 0.05) is 23.7 Å². The average molecular weight is 272 g/mol. The molecule has 1 heterocycles. The highest BCUT2D eigenvalue weighted by Gasteiger charge is 2.60. The van der Waals surface area contributed by atoms with Crippen LogP contribution in [0.1, 0.15) is 23.2 Å². The molecule has 3 heteroatoms. The Hall–Kier alpha value is -1.35. The van der Waals surface area contributed by atoms with Crippen molar-refractivity contribution in [3.8, 4) is 0 Å². The molecule has 3 fully saturated rings. The van der Waals surface area contributed by atoms with E-state index < -0.39 is 0 Å². The smallest absolute Gasteiger partial charge is 0.338 e. The second kappa shape index (κ2) is 4.59. The second-order valence-corrected chi connectivity index (χ2v) is 6.83. The first-order valence-corrected chi connectivity index (χ1v) is 7.81. The summed E-state index contributed by atoms with van der Waals surface area (Å²) in [5.41, 5.74) is 0.687. The summed E-state index contributed by atoms with van der Waals surface area (Å²) in [5, 5.41) is 0. The molecule has 0 amide bonds. The summed E-state index contributed by atoms with van der Waals surface area (Å²) in [7, 11) is 2.29. The van der Waals surface area contributed by atoms with Crippen LogP contribution in [-0.4, -0.2) is 32.2 Å². The Labute approximate surface area is 119 Å². The zero-order chi connectivity index (χ0) is 13.7. The molecule has 4 atom stereocenters. The highest BCUT2D eigenvalue weighted by molar-refractivity contribution is 5.89. The first kappa shape index (κ1) is 12.4. The van der Waals surface area contributed by atoms with Gasteiger partial charge in [-0.05, 0) is 25.0 Å². The van der Waals surface area contributed by atoms with Crippen LogP contribution in [0.15, 0.2) is 30.3 Å². The number of likely N-dealkylation sites (tertiary alicyclic amines) is 1. The van der Waals surface area contributed by atoms with E-state index in [2.05, 4.69) is 7.05 Å². The third kappa shape index (κ3) is 1.80.